The van der Waals surface area contributed by atoms with Crippen molar-refractivity contribution in [3.05, 3.63) is 0 Å². The topological polar surface area (TPSA) is 41.6 Å². The van der Waals surface area contributed by atoms with Crippen molar-refractivity contribution < 1.29 is 22.7 Å². The van der Waals surface area contributed by atoms with Gasteiger partial charge in [-0.2, -0.15) is 13.2 Å². The maximum absolute atomic E-state index is 12.4. The summed E-state index contributed by atoms with van der Waals surface area (Å²) in [6, 6.07) is 0. The van der Waals surface area contributed by atoms with Gasteiger partial charge in [0.25, 0.3) is 0 Å². The zero-order valence-corrected chi connectivity index (χ0v) is 11.8. The van der Waals surface area contributed by atoms with Crippen LogP contribution in [0.25, 0.3) is 0 Å². The van der Waals surface area contributed by atoms with Crippen LogP contribution in [0.2, 0.25) is 0 Å². The van der Waals surface area contributed by atoms with Crippen molar-refractivity contribution in [1.29, 1.82) is 0 Å². The van der Waals surface area contributed by atoms with Gasteiger partial charge in [0.1, 0.15) is 13.2 Å². The molecule has 1 N–H and O–H groups in total. The summed E-state index contributed by atoms with van der Waals surface area (Å²) in [5.74, 6) is -0.575. The Morgan fingerprint density at radius 1 is 1.35 bits per heavy atom. The number of carbonyl (C=O) groups is 1. The van der Waals surface area contributed by atoms with E-state index in [0.717, 1.165) is 37.3 Å². The molecule has 0 atom stereocenters. The molecule has 0 aromatic carbocycles. The first-order chi connectivity index (χ1) is 9.42. The van der Waals surface area contributed by atoms with Crippen LogP contribution in [0.5, 0.6) is 0 Å². The lowest BCUT2D eigenvalue weighted by Crippen LogP contribution is -2.42. The number of nitrogens with zero attached hydrogens (tertiary/aromatic N) is 1. The molecule has 0 aromatic rings. The van der Waals surface area contributed by atoms with Crippen LogP contribution in [-0.4, -0.2) is 55.9 Å². The standard InChI is InChI=1S/C13H23F3N2O2/c1-2-3-8-18(10-13(14,15)16)12(19)9-20-11-4-6-17-7-5-11/h11,17H,2-10H2,1H3. The summed E-state index contributed by atoms with van der Waals surface area (Å²) < 4.78 is 42.8. The van der Waals surface area contributed by atoms with Gasteiger partial charge >= 0.3 is 6.18 Å². The second-order valence-electron chi connectivity index (χ2n) is 5.04. The minimum absolute atomic E-state index is 0.0286. The number of carbonyl (C=O) groups excluding carboxylic acids is 1. The van der Waals surface area contributed by atoms with Crippen LogP contribution >= 0.6 is 0 Å². The highest BCUT2D eigenvalue weighted by Crippen LogP contribution is 2.17. The molecule has 0 aromatic heterocycles. The predicted molar refractivity (Wildman–Crippen MR) is 69.4 cm³/mol. The molecule has 1 aliphatic rings. The van der Waals surface area contributed by atoms with Gasteiger partial charge in [-0.1, -0.05) is 13.3 Å². The number of hydrogen-bond donors (Lipinski definition) is 1. The summed E-state index contributed by atoms with van der Waals surface area (Å²) >= 11 is 0. The Balaban J connectivity index is 2.40. The number of nitrogens with one attached hydrogen (secondary N) is 1. The largest absolute Gasteiger partial charge is 0.406 e. The number of halogens is 3. The molecule has 0 aliphatic carbocycles. The maximum Gasteiger partial charge on any atom is 0.406 e. The summed E-state index contributed by atoms with van der Waals surface area (Å²) in [7, 11) is 0. The van der Waals surface area contributed by atoms with Gasteiger partial charge in [-0.3, -0.25) is 4.79 Å². The summed E-state index contributed by atoms with van der Waals surface area (Å²) in [6.45, 7) is 2.19. The maximum atomic E-state index is 12.4. The molecular formula is C13H23F3N2O2. The van der Waals surface area contributed by atoms with E-state index in [9.17, 15) is 18.0 Å². The van der Waals surface area contributed by atoms with Crippen LogP contribution in [-0.2, 0) is 9.53 Å². The molecule has 118 valence electrons. The number of hydrogen-bond acceptors (Lipinski definition) is 3. The second-order valence-corrected chi connectivity index (χ2v) is 5.04. The van der Waals surface area contributed by atoms with E-state index in [1.807, 2.05) is 6.92 Å². The fraction of sp³-hybridized carbons (Fsp3) is 0.923. The summed E-state index contributed by atoms with van der Waals surface area (Å²) in [4.78, 5) is 12.7. The first-order valence-corrected chi connectivity index (χ1v) is 7.09. The fourth-order valence-corrected chi connectivity index (χ4v) is 2.10. The van der Waals surface area contributed by atoms with Crippen LogP contribution < -0.4 is 5.32 Å². The average Bonchev–Trinajstić information content (AvgIpc) is 2.40. The van der Waals surface area contributed by atoms with E-state index in [1.165, 1.54) is 0 Å². The number of unbranched alkanes of at least 4 members (excludes halogenated alkanes) is 1. The smallest absolute Gasteiger partial charge is 0.368 e. The monoisotopic (exact) mass is 296 g/mol. The van der Waals surface area contributed by atoms with Crippen LogP contribution in [0.4, 0.5) is 13.2 Å². The van der Waals surface area contributed by atoms with Gasteiger partial charge in [-0.25, -0.2) is 0 Å². The Labute approximate surface area is 117 Å². The predicted octanol–water partition coefficient (Wildman–Crippen LogP) is 1.95. The molecule has 0 spiro atoms. The molecule has 0 radical (unpaired) electrons. The first kappa shape index (κ1) is 17.2. The molecule has 1 rings (SSSR count). The van der Waals surface area contributed by atoms with E-state index in [-0.39, 0.29) is 19.3 Å². The molecule has 4 nitrogen and oxygen atoms in total. The van der Waals surface area contributed by atoms with Gasteiger partial charge in [-0.15, -0.1) is 0 Å². The summed E-state index contributed by atoms with van der Waals surface area (Å²) in [5, 5.41) is 3.16. The molecule has 1 aliphatic heterocycles. The second kappa shape index (κ2) is 8.46. The third-order valence-corrected chi connectivity index (χ3v) is 3.23. The normalized spacial score (nSPS) is 17.2. The molecule has 0 unspecified atom stereocenters. The SMILES string of the molecule is CCCCN(CC(F)(F)F)C(=O)COC1CCNCC1. The molecule has 1 amide bonds. The van der Waals surface area contributed by atoms with Crippen LogP contribution in [0.3, 0.4) is 0 Å². The molecule has 1 heterocycles. The lowest BCUT2D eigenvalue weighted by Gasteiger charge is -2.26. The van der Waals surface area contributed by atoms with Crippen LogP contribution in [0.1, 0.15) is 32.6 Å². The Morgan fingerprint density at radius 3 is 2.55 bits per heavy atom. The summed E-state index contributed by atoms with van der Waals surface area (Å²) in [6.07, 6.45) is -1.49. The number of ether oxygens (including phenoxy) is 1. The molecule has 7 heteroatoms. The van der Waals surface area contributed by atoms with E-state index >= 15 is 0 Å². The van der Waals surface area contributed by atoms with Gasteiger partial charge in [-0.05, 0) is 32.4 Å². The summed E-state index contributed by atoms with van der Waals surface area (Å²) in [5.41, 5.74) is 0. The van der Waals surface area contributed by atoms with Crippen molar-refractivity contribution in [3.63, 3.8) is 0 Å². The van der Waals surface area contributed by atoms with Gasteiger partial charge in [0.15, 0.2) is 0 Å². The lowest BCUT2D eigenvalue weighted by atomic mass is 10.1. The minimum atomic E-state index is -4.36. The van der Waals surface area contributed by atoms with Crippen molar-refractivity contribution in [3.8, 4) is 0 Å². The number of rotatable bonds is 7. The molecule has 0 saturated carbocycles. The van der Waals surface area contributed by atoms with E-state index in [1.54, 1.807) is 0 Å². The third kappa shape index (κ3) is 7.09. The van der Waals surface area contributed by atoms with Crippen LogP contribution in [0, 0.1) is 0 Å². The number of piperidine rings is 1. The molecule has 20 heavy (non-hydrogen) atoms. The quantitative estimate of drug-likeness (QED) is 0.781. The highest BCUT2D eigenvalue weighted by atomic mass is 19.4. The highest BCUT2D eigenvalue weighted by Gasteiger charge is 2.32. The average molecular weight is 296 g/mol. The Bertz CT molecular complexity index is 292. The van der Waals surface area contributed by atoms with E-state index < -0.39 is 18.6 Å². The number of amides is 1. The Kier molecular flexibility index (Phi) is 7.29. The molecule has 1 fully saturated rings. The first-order valence-electron chi connectivity index (χ1n) is 7.09. The van der Waals surface area contributed by atoms with E-state index in [4.69, 9.17) is 4.74 Å². The van der Waals surface area contributed by atoms with Crippen molar-refractivity contribution in [1.82, 2.24) is 10.2 Å². The highest BCUT2D eigenvalue weighted by molar-refractivity contribution is 5.77. The van der Waals surface area contributed by atoms with Crippen molar-refractivity contribution in [2.75, 3.05) is 32.8 Å². The lowest BCUT2D eigenvalue weighted by molar-refractivity contribution is -0.165. The number of alkyl halides is 3. The Morgan fingerprint density at radius 2 is 2.00 bits per heavy atom. The van der Waals surface area contributed by atoms with Crippen molar-refractivity contribution in [2.24, 2.45) is 0 Å². The fourth-order valence-electron chi connectivity index (χ4n) is 2.10. The van der Waals surface area contributed by atoms with Gasteiger partial charge < -0.3 is 15.0 Å². The zero-order valence-electron chi connectivity index (χ0n) is 11.8. The molecule has 0 bridgehead atoms. The van der Waals surface area contributed by atoms with Crippen molar-refractivity contribution in [2.45, 2.75) is 44.9 Å². The Hall–Kier alpha value is -0.820. The molecular weight excluding hydrogens is 273 g/mol. The third-order valence-electron chi connectivity index (χ3n) is 3.23. The van der Waals surface area contributed by atoms with E-state index in [2.05, 4.69) is 5.32 Å². The van der Waals surface area contributed by atoms with Crippen LogP contribution in [0.15, 0.2) is 0 Å². The van der Waals surface area contributed by atoms with Gasteiger partial charge in [0.2, 0.25) is 5.91 Å². The zero-order chi connectivity index (χ0) is 15.0. The van der Waals surface area contributed by atoms with E-state index in [0.29, 0.717) is 6.42 Å². The van der Waals surface area contributed by atoms with Crippen molar-refractivity contribution >= 4 is 5.91 Å². The minimum Gasteiger partial charge on any atom is -0.368 e. The van der Waals surface area contributed by atoms with Gasteiger partial charge in [0.05, 0.1) is 6.10 Å². The van der Waals surface area contributed by atoms with Gasteiger partial charge in [0, 0.05) is 6.54 Å². The molecule has 1 saturated heterocycles.